The minimum absolute atomic E-state index is 0. The lowest BCUT2D eigenvalue weighted by Crippen LogP contribution is -2.34. The fourth-order valence-corrected chi connectivity index (χ4v) is 2.52. The molecule has 1 aliphatic heterocycles. The molecule has 1 fully saturated rings. The SMILES string of the molecule is Cc1ccncc1CN(C)CC1CCNCC1.Cl. The highest BCUT2D eigenvalue weighted by Gasteiger charge is 2.15. The van der Waals surface area contributed by atoms with Gasteiger partial charge in [-0.25, -0.2) is 0 Å². The number of nitrogens with zero attached hydrogens (tertiary/aromatic N) is 2. The van der Waals surface area contributed by atoms with Crippen LogP contribution in [-0.2, 0) is 6.54 Å². The van der Waals surface area contributed by atoms with Gasteiger partial charge in [0.15, 0.2) is 0 Å². The maximum absolute atomic E-state index is 4.21. The second-order valence-electron chi connectivity index (χ2n) is 5.19. The molecule has 0 unspecified atom stereocenters. The van der Waals surface area contributed by atoms with Gasteiger partial charge in [-0.1, -0.05) is 0 Å². The second kappa shape index (κ2) is 7.72. The fraction of sp³-hybridized carbons (Fsp3) is 0.643. The Labute approximate surface area is 116 Å². The van der Waals surface area contributed by atoms with E-state index in [1.54, 1.807) is 0 Å². The summed E-state index contributed by atoms with van der Waals surface area (Å²) in [6.45, 7) is 6.75. The second-order valence-corrected chi connectivity index (χ2v) is 5.19. The van der Waals surface area contributed by atoms with Gasteiger partial charge in [0.05, 0.1) is 0 Å². The fourth-order valence-electron chi connectivity index (χ4n) is 2.52. The highest BCUT2D eigenvalue weighted by molar-refractivity contribution is 5.85. The van der Waals surface area contributed by atoms with E-state index in [1.165, 1.54) is 43.6 Å². The van der Waals surface area contributed by atoms with E-state index in [0.717, 1.165) is 12.5 Å². The summed E-state index contributed by atoms with van der Waals surface area (Å²) in [6, 6.07) is 2.09. The maximum atomic E-state index is 4.21. The van der Waals surface area contributed by atoms with Gasteiger partial charge in [0.2, 0.25) is 0 Å². The summed E-state index contributed by atoms with van der Waals surface area (Å²) in [5.41, 5.74) is 2.70. The van der Waals surface area contributed by atoms with Crippen molar-refractivity contribution in [3.63, 3.8) is 0 Å². The molecule has 1 N–H and O–H groups in total. The third-order valence-corrected chi connectivity index (χ3v) is 3.62. The molecule has 0 aliphatic carbocycles. The summed E-state index contributed by atoms with van der Waals surface area (Å²) in [7, 11) is 2.22. The van der Waals surface area contributed by atoms with Gasteiger partial charge >= 0.3 is 0 Å². The number of pyridine rings is 1. The predicted molar refractivity (Wildman–Crippen MR) is 78.1 cm³/mol. The van der Waals surface area contributed by atoms with Gasteiger partial charge in [0.1, 0.15) is 0 Å². The van der Waals surface area contributed by atoms with Crippen molar-refractivity contribution in [3.8, 4) is 0 Å². The summed E-state index contributed by atoms with van der Waals surface area (Å²) < 4.78 is 0. The van der Waals surface area contributed by atoms with Crippen LogP contribution in [-0.4, -0.2) is 36.6 Å². The monoisotopic (exact) mass is 269 g/mol. The first-order valence-corrected chi connectivity index (χ1v) is 6.54. The Morgan fingerprint density at radius 1 is 1.39 bits per heavy atom. The van der Waals surface area contributed by atoms with Crippen LogP contribution in [0, 0.1) is 12.8 Å². The minimum atomic E-state index is 0. The third-order valence-electron chi connectivity index (χ3n) is 3.62. The molecule has 0 saturated carbocycles. The Hall–Kier alpha value is -0.640. The Morgan fingerprint density at radius 2 is 2.11 bits per heavy atom. The normalized spacial score (nSPS) is 16.6. The molecule has 0 aromatic carbocycles. The van der Waals surface area contributed by atoms with E-state index < -0.39 is 0 Å². The molecular weight excluding hydrogens is 246 g/mol. The van der Waals surface area contributed by atoms with Crippen LogP contribution in [0.25, 0.3) is 0 Å². The molecule has 1 aromatic rings. The van der Waals surface area contributed by atoms with Crippen molar-refractivity contribution < 1.29 is 0 Å². The van der Waals surface area contributed by atoms with Crippen LogP contribution in [0.4, 0.5) is 0 Å². The van der Waals surface area contributed by atoms with E-state index in [-0.39, 0.29) is 12.4 Å². The van der Waals surface area contributed by atoms with Gasteiger partial charge in [0.25, 0.3) is 0 Å². The van der Waals surface area contributed by atoms with Gasteiger partial charge in [-0.05, 0) is 63.0 Å². The van der Waals surface area contributed by atoms with Crippen LogP contribution < -0.4 is 5.32 Å². The summed E-state index contributed by atoms with van der Waals surface area (Å²) >= 11 is 0. The largest absolute Gasteiger partial charge is 0.317 e. The van der Waals surface area contributed by atoms with Gasteiger partial charge in [-0.2, -0.15) is 0 Å². The third kappa shape index (κ3) is 4.56. The number of rotatable bonds is 4. The summed E-state index contributed by atoms with van der Waals surface area (Å²) in [6.07, 6.45) is 6.49. The molecule has 2 rings (SSSR count). The standard InChI is InChI=1S/C14H23N3.ClH/c1-12-3-6-16-9-14(12)11-17(2)10-13-4-7-15-8-5-13;/h3,6,9,13,15H,4-5,7-8,10-11H2,1-2H3;1H. The van der Waals surface area contributed by atoms with Crippen molar-refractivity contribution in [2.75, 3.05) is 26.7 Å². The van der Waals surface area contributed by atoms with Crippen LogP contribution in [0.1, 0.15) is 24.0 Å². The molecule has 4 heteroatoms. The average Bonchev–Trinajstić information content (AvgIpc) is 2.33. The Bertz CT molecular complexity index is 351. The van der Waals surface area contributed by atoms with Crippen LogP contribution >= 0.6 is 12.4 Å². The number of aryl methyl sites for hydroxylation is 1. The lowest BCUT2D eigenvalue weighted by atomic mass is 9.97. The molecule has 2 heterocycles. The van der Waals surface area contributed by atoms with Crippen LogP contribution in [0.15, 0.2) is 18.5 Å². The predicted octanol–water partition coefficient (Wildman–Crippen LogP) is 2.24. The topological polar surface area (TPSA) is 28.2 Å². The van der Waals surface area contributed by atoms with Crippen molar-refractivity contribution in [2.45, 2.75) is 26.3 Å². The van der Waals surface area contributed by atoms with Crippen molar-refractivity contribution >= 4 is 12.4 Å². The Balaban J connectivity index is 0.00000162. The first kappa shape index (κ1) is 15.4. The zero-order valence-corrected chi connectivity index (χ0v) is 12.2. The molecule has 0 radical (unpaired) electrons. The van der Waals surface area contributed by atoms with Crippen molar-refractivity contribution in [1.82, 2.24) is 15.2 Å². The number of aromatic nitrogens is 1. The molecule has 18 heavy (non-hydrogen) atoms. The minimum Gasteiger partial charge on any atom is -0.317 e. The van der Waals surface area contributed by atoms with Gasteiger partial charge < -0.3 is 10.2 Å². The average molecular weight is 270 g/mol. The molecule has 1 aliphatic rings. The summed E-state index contributed by atoms with van der Waals surface area (Å²) in [5, 5.41) is 3.42. The number of piperidine rings is 1. The van der Waals surface area contributed by atoms with Crippen molar-refractivity contribution in [1.29, 1.82) is 0 Å². The molecule has 0 amide bonds. The van der Waals surface area contributed by atoms with E-state index in [4.69, 9.17) is 0 Å². The lowest BCUT2D eigenvalue weighted by molar-refractivity contribution is 0.234. The van der Waals surface area contributed by atoms with E-state index in [2.05, 4.69) is 35.2 Å². The van der Waals surface area contributed by atoms with E-state index in [1.807, 2.05) is 12.4 Å². The van der Waals surface area contributed by atoms with Crippen molar-refractivity contribution in [3.05, 3.63) is 29.6 Å². The lowest BCUT2D eigenvalue weighted by Gasteiger charge is -2.27. The first-order chi connectivity index (χ1) is 8.25. The number of nitrogens with one attached hydrogen (secondary N) is 1. The molecular formula is C14H24ClN3. The quantitative estimate of drug-likeness (QED) is 0.909. The molecule has 1 aromatic heterocycles. The zero-order valence-electron chi connectivity index (χ0n) is 11.4. The van der Waals surface area contributed by atoms with Gasteiger partial charge in [-0.3, -0.25) is 4.98 Å². The smallest absolute Gasteiger partial charge is 0.0315 e. The highest BCUT2D eigenvalue weighted by Crippen LogP contribution is 2.15. The number of hydrogen-bond donors (Lipinski definition) is 1. The van der Waals surface area contributed by atoms with Crippen molar-refractivity contribution in [2.24, 2.45) is 5.92 Å². The molecule has 3 nitrogen and oxygen atoms in total. The van der Waals surface area contributed by atoms with Crippen LogP contribution in [0.3, 0.4) is 0 Å². The Morgan fingerprint density at radius 3 is 2.78 bits per heavy atom. The van der Waals surface area contributed by atoms with E-state index in [9.17, 15) is 0 Å². The Kier molecular flexibility index (Phi) is 6.61. The summed E-state index contributed by atoms with van der Waals surface area (Å²) in [5.74, 6) is 0.859. The summed E-state index contributed by atoms with van der Waals surface area (Å²) in [4.78, 5) is 6.64. The highest BCUT2D eigenvalue weighted by atomic mass is 35.5. The van der Waals surface area contributed by atoms with E-state index >= 15 is 0 Å². The molecule has 0 bridgehead atoms. The molecule has 1 saturated heterocycles. The molecule has 102 valence electrons. The number of hydrogen-bond acceptors (Lipinski definition) is 3. The van der Waals surface area contributed by atoms with E-state index in [0.29, 0.717) is 0 Å². The first-order valence-electron chi connectivity index (χ1n) is 6.54. The molecule has 0 spiro atoms. The molecule has 0 atom stereocenters. The van der Waals surface area contributed by atoms with Gasteiger partial charge in [0, 0.05) is 25.5 Å². The number of halogens is 1. The van der Waals surface area contributed by atoms with Crippen LogP contribution in [0.2, 0.25) is 0 Å². The maximum Gasteiger partial charge on any atom is 0.0315 e. The van der Waals surface area contributed by atoms with Crippen LogP contribution in [0.5, 0.6) is 0 Å². The van der Waals surface area contributed by atoms with Gasteiger partial charge in [-0.15, -0.1) is 12.4 Å². The zero-order chi connectivity index (χ0) is 12.1.